The van der Waals surface area contributed by atoms with E-state index in [1.165, 1.54) is 12.1 Å². The maximum absolute atomic E-state index is 13.1. The van der Waals surface area contributed by atoms with Gasteiger partial charge in [0, 0.05) is 10.9 Å². The molecule has 1 heterocycles. The lowest BCUT2D eigenvalue weighted by molar-refractivity contribution is 0.0909. The molecule has 3 N–H and O–H groups in total. The molecular formula is C14H17FN2O2. The average Bonchev–Trinajstić information content (AvgIpc) is 2.81. The van der Waals surface area contributed by atoms with Gasteiger partial charge in [0.05, 0.1) is 12.6 Å². The number of hydrogen-bond acceptors (Lipinski definition) is 2. The van der Waals surface area contributed by atoms with Gasteiger partial charge in [-0.2, -0.15) is 0 Å². The molecule has 1 unspecified atom stereocenters. The van der Waals surface area contributed by atoms with Crippen molar-refractivity contribution in [2.45, 2.75) is 25.8 Å². The minimum atomic E-state index is -0.335. The highest BCUT2D eigenvalue weighted by Gasteiger charge is 2.14. The van der Waals surface area contributed by atoms with Crippen LogP contribution in [0, 0.1) is 5.82 Å². The summed E-state index contributed by atoms with van der Waals surface area (Å²) in [6, 6.07) is 5.66. The number of nitrogens with one attached hydrogen (secondary N) is 2. The number of aromatic nitrogens is 1. The Labute approximate surface area is 110 Å². The Kier molecular flexibility index (Phi) is 4.16. The van der Waals surface area contributed by atoms with Gasteiger partial charge in [0.25, 0.3) is 5.91 Å². The first-order chi connectivity index (χ1) is 9.13. The maximum Gasteiger partial charge on any atom is 0.268 e. The van der Waals surface area contributed by atoms with Gasteiger partial charge >= 0.3 is 0 Å². The first-order valence-corrected chi connectivity index (χ1v) is 6.34. The van der Waals surface area contributed by atoms with Gasteiger partial charge in [-0.1, -0.05) is 13.3 Å². The smallest absolute Gasteiger partial charge is 0.268 e. The number of hydrogen-bond donors (Lipinski definition) is 3. The molecule has 1 atom stereocenters. The molecular weight excluding hydrogens is 247 g/mol. The standard InChI is InChI=1S/C14H17FN2O2/c1-2-3-11(8-18)16-14(19)13-7-9-6-10(15)4-5-12(9)17-13/h4-7,11,17-18H,2-3,8H2,1H3,(H,16,19). The van der Waals surface area contributed by atoms with Crippen LogP contribution in [0.1, 0.15) is 30.3 Å². The number of aromatic amines is 1. The van der Waals surface area contributed by atoms with E-state index in [0.29, 0.717) is 16.6 Å². The molecule has 0 aliphatic heterocycles. The molecule has 0 aliphatic carbocycles. The SMILES string of the molecule is CCCC(CO)NC(=O)c1cc2cc(F)ccc2[nH]1. The van der Waals surface area contributed by atoms with Crippen LogP contribution in [0.3, 0.4) is 0 Å². The summed E-state index contributed by atoms with van der Waals surface area (Å²) >= 11 is 0. The molecule has 2 aromatic rings. The largest absolute Gasteiger partial charge is 0.394 e. The number of rotatable bonds is 5. The monoisotopic (exact) mass is 264 g/mol. The number of amides is 1. The molecule has 4 nitrogen and oxygen atoms in total. The van der Waals surface area contributed by atoms with Crippen molar-refractivity contribution in [2.24, 2.45) is 0 Å². The number of carbonyl (C=O) groups is 1. The summed E-state index contributed by atoms with van der Waals surface area (Å²) in [4.78, 5) is 14.9. The van der Waals surface area contributed by atoms with Crippen molar-refractivity contribution in [3.05, 3.63) is 35.8 Å². The zero-order valence-electron chi connectivity index (χ0n) is 10.7. The Hall–Kier alpha value is -1.88. The van der Waals surface area contributed by atoms with Crippen molar-refractivity contribution in [1.82, 2.24) is 10.3 Å². The molecule has 0 bridgehead atoms. The predicted molar refractivity (Wildman–Crippen MR) is 71.5 cm³/mol. The molecule has 0 aliphatic rings. The highest BCUT2D eigenvalue weighted by Crippen LogP contribution is 2.16. The number of aliphatic hydroxyl groups is 1. The summed E-state index contributed by atoms with van der Waals surface area (Å²) in [5.41, 5.74) is 1.08. The van der Waals surface area contributed by atoms with Gasteiger partial charge in [-0.25, -0.2) is 4.39 Å². The molecule has 102 valence electrons. The first-order valence-electron chi connectivity index (χ1n) is 6.34. The van der Waals surface area contributed by atoms with Crippen molar-refractivity contribution in [1.29, 1.82) is 0 Å². The molecule has 0 saturated heterocycles. The number of fused-ring (bicyclic) bond motifs is 1. The van der Waals surface area contributed by atoms with Crippen LogP contribution in [0.2, 0.25) is 0 Å². The van der Waals surface area contributed by atoms with Gasteiger partial charge in [-0.3, -0.25) is 4.79 Å². The van der Waals surface area contributed by atoms with E-state index in [0.717, 1.165) is 12.8 Å². The first kappa shape index (κ1) is 13.5. The maximum atomic E-state index is 13.1. The third-order valence-corrected chi connectivity index (χ3v) is 3.02. The summed E-state index contributed by atoms with van der Waals surface area (Å²) in [7, 11) is 0. The van der Waals surface area contributed by atoms with Crippen LogP contribution in [-0.2, 0) is 0 Å². The van der Waals surface area contributed by atoms with Crippen LogP contribution in [-0.4, -0.2) is 28.6 Å². The molecule has 1 aromatic heterocycles. The number of H-pyrrole nitrogens is 1. The number of aliphatic hydroxyl groups excluding tert-OH is 1. The van der Waals surface area contributed by atoms with Crippen molar-refractivity contribution in [2.75, 3.05) is 6.61 Å². The minimum Gasteiger partial charge on any atom is -0.394 e. The fourth-order valence-corrected chi connectivity index (χ4v) is 2.05. The van der Waals surface area contributed by atoms with Crippen LogP contribution in [0.5, 0.6) is 0 Å². The van der Waals surface area contributed by atoms with Crippen LogP contribution in [0.25, 0.3) is 10.9 Å². The Morgan fingerprint density at radius 3 is 2.95 bits per heavy atom. The minimum absolute atomic E-state index is 0.0889. The van der Waals surface area contributed by atoms with Gasteiger partial charge < -0.3 is 15.4 Å². The van der Waals surface area contributed by atoms with Gasteiger partial charge in [0.2, 0.25) is 0 Å². The summed E-state index contributed by atoms with van der Waals surface area (Å²) in [6.07, 6.45) is 1.60. The third kappa shape index (κ3) is 3.12. The molecule has 0 saturated carbocycles. The Bertz CT molecular complexity index is 580. The third-order valence-electron chi connectivity index (χ3n) is 3.02. The fourth-order valence-electron chi connectivity index (χ4n) is 2.05. The highest BCUT2D eigenvalue weighted by atomic mass is 19.1. The van der Waals surface area contributed by atoms with Gasteiger partial charge in [-0.05, 0) is 30.7 Å². The van der Waals surface area contributed by atoms with Gasteiger partial charge in [0.15, 0.2) is 0 Å². The van der Waals surface area contributed by atoms with E-state index >= 15 is 0 Å². The summed E-state index contributed by atoms with van der Waals surface area (Å²) < 4.78 is 13.1. The van der Waals surface area contributed by atoms with Crippen molar-refractivity contribution < 1.29 is 14.3 Å². The molecule has 1 amide bonds. The molecule has 2 rings (SSSR count). The number of benzene rings is 1. The Morgan fingerprint density at radius 1 is 1.47 bits per heavy atom. The lowest BCUT2D eigenvalue weighted by atomic mass is 10.2. The van der Waals surface area contributed by atoms with E-state index in [1.54, 1.807) is 12.1 Å². The highest BCUT2D eigenvalue weighted by molar-refractivity contribution is 5.98. The van der Waals surface area contributed by atoms with Gasteiger partial charge in [-0.15, -0.1) is 0 Å². The normalized spacial score (nSPS) is 12.6. The molecule has 19 heavy (non-hydrogen) atoms. The van der Waals surface area contributed by atoms with Crippen molar-refractivity contribution in [3.63, 3.8) is 0 Å². The van der Waals surface area contributed by atoms with Crippen LogP contribution in [0.4, 0.5) is 4.39 Å². The Morgan fingerprint density at radius 2 is 2.26 bits per heavy atom. The van der Waals surface area contributed by atoms with E-state index in [-0.39, 0.29) is 24.4 Å². The van der Waals surface area contributed by atoms with E-state index in [9.17, 15) is 9.18 Å². The molecule has 0 spiro atoms. The van der Waals surface area contributed by atoms with Gasteiger partial charge in [0.1, 0.15) is 11.5 Å². The summed E-state index contributed by atoms with van der Waals surface area (Å²) in [6.45, 7) is 1.90. The lowest BCUT2D eigenvalue weighted by Gasteiger charge is -2.14. The van der Waals surface area contributed by atoms with Crippen LogP contribution in [0.15, 0.2) is 24.3 Å². The zero-order valence-corrected chi connectivity index (χ0v) is 10.7. The second-order valence-electron chi connectivity index (χ2n) is 4.56. The fraction of sp³-hybridized carbons (Fsp3) is 0.357. The number of halogens is 1. The van der Waals surface area contributed by atoms with Crippen molar-refractivity contribution in [3.8, 4) is 0 Å². The van der Waals surface area contributed by atoms with E-state index in [2.05, 4.69) is 10.3 Å². The quantitative estimate of drug-likeness (QED) is 0.775. The molecule has 5 heteroatoms. The van der Waals surface area contributed by atoms with Crippen LogP contribution >= 0.6 is 0 Å². The van der Waals surface area contributed by atoms with E-state index < -0.39 is 0 Å². The lowest BCUT2D eigenvalue weighted by Crippen LogP contribution is -2.37. The van der Waals surface area contributed by atoms with Crippen molar-refractivity contribution >= 4 is 16.8 Å². The summed E-state index contributed by atoms with van der Waals surface area (Å²) in [5.74, 6) is -0.623. The van der Waals surface area contributed by atoms with E-state index in [4.69, 9.17) is 5.11 Å². The van der Waals surface area contributed by atoms with Crippen LogP contribution < -0.4 is 5.32 Å². The molecule has 1 aromatic carbocycles. The second-order valence-corrected chi connectivity index (χ2v) is 4.56. The zero-order chi connectivity index (χ0) is 13.8. The molecule has 0 fully saturated rings. The predicted octanol–water partition coefficient (Wildman–Crippen LogP) is 2.20. The summed E-state index contributed by atoms with van der Waals surface area (Å²) in [5, 5.41) is 12.6. The topological polar surface area (TPSA) is 65.1 Å². The number of carbonyl (C=O) groups excluding carboxylic acids is 1. The van der Waals surface area contributed by atoms with E-state index in [1.807, 2.05) is 6.92 Å². The average molecular weight is 264 g/mol. The molecule has 0 radical (unpaired) electrons. The Balaban J connectivity index is 2.17. The second kappa shape index (κ2) is 5.84.